The molecule has 0 fully saturated rings. The van der Waals surface area contributed by atoms with Crippen LogP contribution in [0.25, 0.3) is 0 Å². The molecule has 0 aromatic carbocycles. The monoisotopic (exact) mass is 363 g/mol. The van der Waals surface area contributed by atoms with Crippen molar-refractivity contribution in [2.45, 2.75) is 83.1 Å². The van der Waals surface area contributed by atoms with Crippen LogP contribution in [0.3, 0.4) is 0 Å². The van der Waals surface area contributed by atoms with Crippen LogP contribution in [-0.2, 0) is 0 Å². The molecule has 0 saturated heterocycles. The molecule has 0 bridgehead atoms. The Kier molecular flexibility index (Phi) is 6.99. The van der Waals surface area contributed by atoms with Gasteiger partial charge in [-0.2, -0.15) is 0 Å². The van der Waals surface area contributed by atoms with Crippen LogP contribution < -0.4 is 0 Å². The van der Waals surface area contributed by atoms with E-state index in [-0.39, 0.29) is 6.04 Å². The van der Waals surface area contributed by atoms with Gasteiger partial charge in [-0.1, -0.05) is 66.0 Å². The van der Waals surface area contributed by atoms with E-state index in [9.17, 15) is 0 Å². The van der Waals surface area contributed by atoms with Crippen molar-refractivity contribution < 1.29 is 0 Å². The van der Waals surface area contributed by atoms with Gasteiger partial charge in [0.1, 0.15) is 6.04 Å². The first-order valence-electron chi connectivity index (χ1n) is 9.24. The molecule has 2 unspecified atom stereocenters. The quantitative estimate of drug-likeness (QED) is 0.382. The normalized spacial score (nSPS) is 16.5. The predicted molar refractivity (Wildman–Crippen MR) is 114 cm³/mol. The van der Waals surface area contributed by atoms with Crippen LogP contribution in [-0.4, -0.2) is 32.1 Å². The van der Waals surface area contributed by atoms with Crippen molar-refractivity contribution in [1.29, 1.82) is 10.8 Å². The van der Waals surface area contributed by atoms with Crippen LogP contribution in [0.2, 0.25) is 50.4 Å². The summed E-state index contributed by atoms with van der Waals surface area (Å²) in [7, 11) is -2.97. The van der Waals surface area contributed by atoms with Crippen LogP contribution >= 0.6 is 0 Å². The van der Waals surface area contributed by atoms with Crippen molar-refractivity contribution in [2.75, 3.05) is 0 Å². The van der Waals surface area contributed by atoms with Crippen molar-refractivity contribution in [3.63, 3.8) is 0 Å². The molecule has 1 heterocycles. The molecule has 0 aliphatic heterocycles. The van der Waals surface area contributed by atoms with Crippen molar-refractivity contribution >= 4 is 27.6 Å². The summed E-state index contributed by atoms with van der Waals surface area (Å²) < 4.78 is 2.09. The van der Waals surface area contributed by atoms with Crippen LogP contribution in [0.1, 0.15) is 32.7 Å². The molecule has 0 aliphatic rings. The maximum atomic E-state index is 9.03. The van der Waals surface area contributed by atoms with Gasteiger partial charge in [0.05, 0.1) is 16.1 Å². The Labute approximate surface area is 150 Å². The molecule has 0 amide bonds. The van der Waals surface area contributed by atoms with E-state index in [0.717, 1.165) is 24.3 Å². The van der Waals surface area contributed by atoms with Gasteiger partial charge in [-0.3, -0.25) is 0 Å². The van der Waals surface area contributed by atoms with Crippen LogP contribution in [0.4, 0.5) is 0 Å². The Bertz CT molecular complexity index is 516. The number of hydrogen-bond acceptors (Lipinski definition) is 2. The molecule has 1 rings (SSSR count). The molecule has 1 aromatic rings. The summed E-state index contributed by atoms with van der Waals surface area (Å²) >= 11 is 0. The number of hydrogen-bond donors (Lipinski definition) is 2. The maximum Gasteiger partial charge on any atom is 0.108 e. The van der Waals surface area contributed by atoms with E-state index in [1.807, 2.05) is 24.5 Å². The Morgan fingerprint density at radius 2 is 1.12 bits per heavy atom. The first-order chi connectivity index (χ1) is 10.9. The molecule has 0 spiro atoms. The van der Waals surface area contributed by atoms with E-state index in [1.165, 1.54) is 0 Å². The van der Waals surface area contributed by atoms with Crippen molar-refractivity contribution in [3.05, 3.63) is 24.5 Å². The summed E-state index contributed by atoms with van der Waals surface area (Å²) in [6.45, 7) is 18.5. The molecule has 3 nitrogen and oxygen atoms in total. The molecular formula is C19H37N3Si2. The lowest BCUT2D eigenvalue weighted by molar-refractivity contribution is 0.732. The highest BCUT2D eigenvalue weighted by Crippen LogP contribution is 2.37. The van der Waals surface area contributed by atoms with Crippen LogP contribution in [0, 0.1) is 10.8 Å². The van der Waals surface area contributed by atoms with Gasteiger partial charge in [0, 0.05) is 23.8 Å². The molecule has 2 N–H and O–H groups in total. The molecule has 0 aliphatic carbocycles. The van der Waals surface area contributed by atoms with E-state index in [0.29, 0.717) is 11.1 Å². The predicted octanol–water partition coefficient (Wildman–Crippen LogP) is 6.31. The average molecular weight is 364 g/mol. The summed E-state index contributed by atoms with van der Waals surface area (Å²) in [4.78, 5) is 0. The fourth-order valence-electron chi connectivity index (χ4n) is 3.99. The van der Waals surface area contributed by atoms with E-state index in [2.05, 4.69) is 57.7 Å². The molecule has 0 radical (unpaired) electrons. The Balaban J connectivity index is 3.33. The highest BCUT2D eigenvalue weighted by molar-refractivity contribution is 6.82. The second-order valence-corrected chi connectivity index (χ2v) is 20.0. The zero-order chi connectivity index (χ0) is 18.7. The van der Waals surface area contributed by atoms with E-state index >= 15 is 0 Å². The lowest BCUT2D eigenvalue weighted by atomic mass is 9.98. The molecule has 1 aromatic heterocycles. The topological polar surface area (TPSA) is 52.6 Å². The van der Waals surface area contributed by atoms with E-state index < -0.39 is 16.1 Å². The minimum Gasteiger partial charge on any atom is -0.340 e. The number of nitrogens with one attached hydrogen (secondary N) is 2. The minimum absolute atomic E-state index is 0.201. The van der Waals surface area contributed by atoms with Gasteiger partial charge in [-0.05, 0) is 23.2 Å². The lowest BCUT2D eigenvalue weighted by Gasteiger charge is -2.37. The first kappa shape index (κ1) is 21.1. The maximum absolute atomic E-state index is 9.03. The van der Waals surface area contributed by atoms with E-state index in [1.54, 1.807) is 0 Å². The number of aromatic nitrogens is 1. The van der Waals surface area contributed by atoms with Gasteiger partial charge in [0.15, 0.2) is 0 Å². The fraction of sp³-hybridized carbons (Fsp3) is 0.684. The molecule has 136 valence electrons. The summed E-state index contributed by atoms with van der Waals surface area (Å²) in [5.41, 5.74) is 2.16. The zero-order valence-corrected chi connectivity index (χ0v) is 18.9. The smallest absolute Gasteiger partial charge is 0.108 e. The Morgan fingerprint density at radius 1 is 0.792 bits per heavy atom. The van der Waals surface area contributed by atoms with Crippen LogP contribution in [0.5, 0.6) is 0 Å². The highest BCUT2D eigenvalue weighted by Gasteiger charge is 2.39. The van der Waals surface area contributed by atoms with Crippen LogP contribution in [0.15, 0.2) is 24.5 Å². The van der Waals surface area contributed by atoms with E-state index in [4.69, 9.17) is 10.8 Å². The van der Waals surface area contributed by atoms with Gasteiger partial charge in [-0.15, -0.1) is 0 Å². The second kappa shape index (κ2) is 7.96. The third-order valence-corrected chi connectivity index (χ3v) is 10.8. The Hall–Kier alpha value is -0.946. The van der Waals surface area contributed by atoms with Crippen molar-refractivity contribution in [3.8, 4) is 0 Å². The third-order valence-electron chi connectivity index (χ3n) is 5.17. The van der Waals surface area contributed by atoms with Crippen molar-refractivity contribution in [2.24, 2.45) is 0 Å². The minimum atomic E-state index is -1.48. The highest BCUT2D eigenvalue weighted by atomic mass is 28.3. The molecule has 5 heteroatoms. The molecule has 2 atom stereocenters. The molecule has 0 saturated carbocycles. The standard InChI is InChI=1S/C19H37N3Si2/c1-9-15(23(3,4)5)17(20)19(22-13-11-12-14-22)18(21)16(10-2)24(6,7)8/h11-16,19-21H,9-10H2,1-8H3. The summed E-state index contributed by atoms with van der Waals surface area (Å²) in [5.74, 6) is 0. The Morgan fingerprint density at radius 3 is 1.38 bits per heavy atom. The number of nitrogens with zero attached hydrogens (tertiary/aromatic N) is 1. The van der Waals surface area contributed by atoms with Gasteiger partial charge in [0.25, 0.3) is 0 Å². The first-order valence-corrected chi connectivity index (χ1v) is 16.4. The third kappa shape index (κ3) is 4.79. The van der Waals surface area contributed by atoms with Gasteiger partial charge in [-0.25, -0.2) is 0 Å². The fourth-order valence-corrected chi connectivity index (χ4v) is 8.62. The van der Waals surface area contributed by atoms with Crippen molar-refractivity contribution in [1.82, 2.24) is 4.57 Å². The summed E-state index contributed by atoms with van der Waals surface area (Å²) in [6, 6.07) is 3.82. The SMILES string of the molecule is CCC(C(=N)C(C(=N)C(CC)[Si](C)(C)C)n1cccc1)[Si](C)(C)C. The zero-order valence-electron chi connectivity index (χ0n) is 16.9. The van der Waals surface area contributed by atoms with Gasteiger partial charge >= 0.3 is 0 Å². The largest absolute Gasteiger partial charge is 0.340 e. The summed E-state index contributed by atoms with van der Waals surface area (Å²) in [6.07, 6.45) is 6.07. The lowest BCUT2D eigenvalue weighted by Crippen LogP contribution is -2.43. The van der Waals surface area contributed by atoms with Gasteiger partial charge < -0.3 is 15.4 Å². The molecule has 24 heavy (non-hydrogen) atoms. The molecular weight excluding hydrogens is 326 g/mol. The summed E-state index contributed by atoms with van der Waals surface area (Å²) in [5, 5.41) is 18.1. The average Bonchev–Trinajstić information content (AvgIpc) is 2.90. The van der Waals surface area contributed by atoms with Gasteiger partial charge in [0.2, 0.25) is 0 Å². The number of rotatable bonds is 9. The second-order valence-electron chi connectivity index (χ2n) is 9.10.